The Kier molecular flexibility index (Phi) is 17.6. The Balaban J connectivity index is 0.830. The van der Waals surface area contributed by atoms with Gasteiger partial charge in [-0.3, -0.25) is 0 Å². The lowest BCUT2D eigenvalue weighted by atomic mass is 9.88. The van der Waals surface area contributed by atoms with Crippen molar-refractivity contribution in [3.05, 3.63) is 178 Å². The van der Waals surface area contributed by atoms with E-state index in [1.807, 2.05) is 0 Å². The van der Waals surface area contributed by atoms with Crippen LogP contribution in [0.3, 0.4) is 0 Å². The molecule has 0 aromatic heterocycles. The van der Waals surface area contributed by atoms with E-state index >= 15 is 0 Å². The zero-order valence-electron chi connectivity index (χ0n) is 46.6. The first-order chi connectivity index (χ1) is 38.3. The Morgan fingerprint density at radius 2 is 0.615 bits per heavy atom. The monoisotopic (exact) mass is 1040 g/mol. The predicted molar refractivity (Wildman–Crippen MR) is 322 cm³/mol. The molecule has 404 valence electrons. The fourth-order valence-corrected chi connectivity index (χ4v) is 12.0. The van der Waals surface area contributed by atoms with Crippen molar-refractivity contribution in [2.45, 2.75) is 90.6 Å². The van der Waals surface area contributed by atoms with Crippen molar-refractivity contribution in [1.29, 1.82) is 0 Å². The van der Waals surface area contributed by atoms with E-state index in [1.54, 1.807) is 0 Å². The van der Waals surface area contributed by atoms with Crippen LogP contribution >= 0.6 is 0 Å². The average Bonchev–Trinajstić information content (AvgIpc) is 3.63. The summed E-state index contributed by atoms with van der Waals surface area (Å²) < 4.78 is 38.4. The van der Waals surface area contributed by atoms with E-state index < -0.39 is 0 Å². The standard InChI is InChI=1S/C70H78N2O6/c1-71(2)31-9-37-77-61-41-49-39-50(42-61)46-74-34-6-12-54-16-20-58-26-30-66-56(18-22-60-24-28-64(54)68(58)70(60)66)14-8-36-76-48-52-40-51(43-62(44-52)78-38-10-32-72(3)4)47-75-35-7-13-55-17-21-59-23-27-63-53(11-5-33-73-45-49)15-19-57-25-29-65(55)69(59)67(57)63/h15-30,39-44H,5-14,31-38,45-48H2,1-4H3. The maximum Gasteiger partial charge on any atom is 0.120 e. The van der Waals surface area contributed by atoms with E-state index in [2.05, 4.69) is 171 Å². The molecule has 8 nitrogen and oxygen atoms in total. The minimum absolute atomic E-state index is 0.527. The molecule has 0 aliphatic carbocycles. The Morgan fingerprint density at radius 1 is 0.346 bits per heavy atom. The highest BCUT2D eigenvalue weighted by atomic mass is 16.5. The van der Waals surface area contributed by atoms with E-state index in [4.69, 9.17) is 28.4 Å². The first kappa shape index (κ1) is 53.6. The molecular weight excluding hydrogens is 965 g/mol. The molecule has 0 fully saturated rings. The van der Waals surface area contributed by atoms with Crippen LogP contribution in [-0.4, -0.2) is 90.7 Å². The molecule has 16 bridgehead atoms. The Hall–Kier alpha value is -6.36. The molecule has 1 aliphatic heterocycles. The number of fused-ring (bicyclic) bond motifs is 4. The van der Waals surface area contributed by atoms with E-state index in [0.717, 1.165) is 111 Å². The summed E-state index contributed by atoms with van der Waals surface area (Å²) in [5, 5.41) is 16.0. The van der Waals surface area contributed by atoms with Gasteiger partial charge in [-0.05, 0) is 226 Å². The normalized spacial score (nSPS) is 15.5. The second kappa shape index (κ2) is 25.6. The zero-order valence-corrected chi connectivity index (χ0v) is 46.6. The Bertz CT molecular complexity index is 3140. The molecule has 78 heavy (non-hydrogen) atoms. The maximum absolute atomic E-state index is 6.43. The van der Waals surface area contributed by atoms with Crippen LogP contribution in [0, 0.1) is 0 Å². The molecule has 0 saturated carbocycles. The third-order valence-corrected chi connectivity index (χ3v) is 15.8. The fraction of sp³-hybridized carbons (Fsp3) is 0.371. The van der Waals surface area contributed by atoms with Crippen molar-refractivity contribution in [3.63, 3.8) is 0 Å². The zero-order chi connectivity index (χ0) is 53.2. The first-order valence-electron chi connectivity index (χ1n) is 28.8. The van der Waals surface area contributed by atoms with Crippen LogP contribution < -0.4 is 9.47 Å². The first-order valence-corrected chi connectivity index (χ1v) is 28.8. The van der Waals surface area contributed by atoms with Gasteiger partial charge in [0.15, 0.2) is 0 Å². The lowest BCUT2D eigenvalue weighted by Gasteiger charge is -2.17. The van der Waals surface area contributed by atoms with Crippen molar-refractivity contribution < 1.29 is 28.4 Å². The summed E-state index contributed by atoms with van der Waals surface area (Å²) in [7, 11) is 8.42. The van der Waals surface area contributed by atoms with Crippen LogP contribution in [0.5, 0.6) is 11.5 Å². The summed E-state index contributed by atoms with van der Waals surface area (Å²) in [4.78, 5) is 4.40. The Morgan fingerprint density at radius 3 is 0.885 bits per heavy atom. The number of hydrogen-bond acceptors (Lipinski definition) is 8. The molecule has 0 N–H and O–H groups in total. The number of aryl methyl sites for hydroxylation is 4. The van der Waals surface area contributed by atoms with Gasteiger partial charge in [0.1, 0.15) is 11.5 Å². The molecule has 0 saturated heterocycles. The van der Waals surface area contributed by atoms with Gasteiger partial charge in [0.25, 0.3) is 0 Å². The summed E-state index contributed by atoms with van der Waals surface area (Å²) in [6.45, 7) is 8.09. The number of hydrogen-bond donors (Lipinski definition) is 0. The molecule has 10 aromatic carbocycles. The van der Waals surface area contributed by atoms with Crippen molar-refractivity contribution in [1.82, 2.24) is 9.80 Å². The average molecular weight is 1040 g/mol. The second-order valence-electron chi connectivity index (χ2n) is 22.3. The highest BCUT2D eigenvalue weighted by molar-refractivity contribution is 6.25. The molecule has 8 heteroatoms. The molecule has 0 spiro atoms. The van der Waals surface area contributed by atoms with Gasteiger partial charge in [-0.25, -0.2) is 0 Å². The van der Waals surface area contributed by atoms with Crippen LogP contribution in [0.2, 0.25) is 0 Å². The third kappa shape index (κ3) is 12.9. The van der Waals surface area contributed by atoms with Crippen molar-refractivity contribution in [2.75, 3.05) is 80.9 Å². The summed E-state index contributed by atoms with van der Waals surface area (Å²) in [5.74, 6) is 1.76. The summed E-state index contributed by atoms with van der Waals surface area (Å²) in [6, 6.07) is 50.2. The SMILES string of the molecule is CN(C)CCCOc1cc2cc(c1)COCCCc1ccc3ccc4c(ccc5ccc1c3c54)CCCOCc1cc(cc(OCCCN(C)C)c1)COCCCc1ccc3ccc4c(ccc5ccc1c3c54)CCCOC2. The van der Waals surface area contributed by atoms with Gasteiger partial charge in [0.05, 0.1) is 39.6 Å². The van der Waals surface area contributed by atoms with E-state index in [9.17, 15) is 0 Å². The van der Waals surface area contributed by atoms with Gasteiger partial charge in [0, 0.05) is 39.5 Å². The third-order valence-electron chi connectivity index (χ3n) is 15.8. The summed E-state index contributed by atoms with van der Waals surface area (Å²) >= 11 is 0. The molecule has 11 rings (SSSR count). The number of ether oxygens (including phenoxy) is 6. The molecule has 0 amide bonds. The molecule has 0 radical (unpaired) electrons. The Labute approximate surface area is 461 Å². The van der Waals surface area contributed by atoms with E-state index in [1.165, 1.54) is 86.9 Å². The van der Waals surface area contributed by atoms with Crippen LogP contribution in [0.15, 0.2) is 133 Å². The highest BCUT2D eigenvalue weighted by Crippen LogP contribution is 2.40. The molecule has 1 heterocycles. The number of benzene rings is 10. The number of nitrogens with zero attached hydrogens (tertiary/aromatic N) is 2. The van der Waals surface area contributed by atoms with E-state index in [-0.39, 0.29) is 0 Å². The largest absolute Gasteiger partial charge is 0.494 e. The number of rotatable bonds is 10. The van der Waals surface area contributed by atoms with Gasteiger partial charge >= 0.3 is 0 Å². The fourth-order valence-electron chi connectivity index (χ4n) is 12.0. The molecule has 10 aromatic rings. The minimum Gasteiger partial charge on any atom is -0.494 e. The van der Waals surface area contributed by atoms with Gasteiger partial charge in [-0.2, -0.15) is 0 Å². The summed E-state index contributed by atoms with van der Waals surface area (Å²) in [6.07, 6.45) is 9.44. The lowest BCUT2D eigenvalue weighted by Crippen LogP contribution is -2.15. The summed E-state index contributed by atoms with van der Waals surface area (Å²) in [5.41, 5.74) is 9.95. The molecule has 0 unspecified atom stereocenters. The van der Waals surface area contributed by atoms with Crippen LogP contribution in [0.25, 0.3) is 64.6 Å². The minimum atomic E-state index is 0.527. The predicted octanol–water partition coefficient (Wildman–Crippen LogP) is 15.1. The van der Waals surface area contributed by atoms with E-state index in [0.29, 0.717) is 66.1 Å². The van der Waals surface area contributed by atoms with Crippen molar-refractivity contribution >= 4 is 64.6 Å². The van der Waals surface area contributed by atoms with Crippen LogP contribution in [0.4, 0.5) is 0 Å². The quantitative estimate of drug-likeness (QED) is 0.0992. The smallest absolute Gasteiger partial charge is 0.120 e. The lowest BCUT2D eigenvalue weighted by molar-refractivity contribution is 0.114. The van der Waals surface area contributed by atoms with Gasteiger partial charge in [-0.1, -0.05) is 109 Å². The maximum atomic E-state index is 6.43. The van der Waals surface area contributed by atoms with Crippen molar-refractivity contribution in [3.8, 4) is 11.5 Å². The van der Waals surface area contributed by atoms with Crippen LogP contribution in [0.1, 0.15) is 83.0 Å². The topological polar surface area (TPSA) is 61.9 Å². The van der Waals surface area contributed by atoms with Gasteiger partial charge in [-0.15, -0.1) is 0 Å². The highest BCUT2D eigenvalue weighted by Gasteiger charge is 2.16. The van der Waals surface area contributed by atoms with Crippen molar-refractivity contribution in [2.24, 2.45) is 0 Å². The molecule has 1 aliphatic rings. The molecule has 0 atom stereocenters. The molecular formula is C70H78N2O6. The van der Waals surface area contributed by atoms with Gasteiger partial charge < -0.3 is 38.2 Å². The van der Waals surface area contributed by atoms with Crippen LogP contribution in [-0.2, 0) is 71.1 Å². The second-order valence-corrected chi connectivity index (χ2v) is 22.3. The van der Waals surface area contributed by atoms with Gasteiger partial charge in [0.2, 0.25) is 0 Å².